The molecule has 0 spiro atoms. The number of alkyl halides is 3. The maximum absolute atomic E-state index is 14.4. The highest BCUT2D eigenvalue weighted by molar-refractivity contribution is 7.92. The van der Waals surface area contributed by atoms with E-state index in [1.54, 1.807) is 6.92 Å². The number of ether oxygens (including phenoxy) is 1. The second kappa shape index (κ2) is 11.8. The van der Waals surface area contributed by atoms with Crippen LogP contribution >= 0.6 is 0 Å². The Morgan fingerprint density at radius 1 is 1.02 bits per heavy atom. The van der Waals surface area contributed by atoms with Gasteiger partial charge in [-0.1, -0.05) is 24.3 Å². The first-order chi connectivity index (χ1) is 21.7. The molecular weight excluding hydrogens is 619 g/mol. The van der Waals surface area contributed by atoms with Gasteiger partial charge in [0, 0.05) is 28.8 Å². The van der Waals surface area contributed by atoms with Crippen molar-refractivity contribution in [2.24, 2.45) is 11.1 Å². The first-order valence-electron chi connectivity index (χ1n) is 15.5. The molecule has 13 heteroatoms. The van der Waals surface area contributed by atoms with Crippen LogP contribution in [0.1, 0.15) is 72.0 Å². The van der Waals surface area contributed by atoms with Crippen LogP contribution in [0.15, 0.2) is 47.4 Å². The smallest absolute Gasteiger partial charge is 0.394 e. The fourth-order valence-corrected chi connectivity index (χ4v) is 7.85. The largest absolute Gasteiger partial charge is 0.475 e. The lowest BCUT2D eigenvalue weighted by Crippen LogP contribution is -2.53. The predicted molar refractivity (Wildman–Crippen MR) is 167 cm³/mol. The van der Waals surface area contributed by atoms with Crippen molar-refractivity contribution in [3.05, 3.63) is 64.7 Å². The van der Waals surface area contributed by atoms with E-state index in [9.17, 15) is 26.4 Å². The van der Waals surface area contributed by atoms with E-state index in [2.05, 4.69) is 14.7 Å². The van der Waals surface area contributed by atoms with Crippen molar-refractivity contribution in [1.82, 2.24) is 14.9 Å². The van der Waals surface area contributed by atoms with Crippen molar-refractivity contribution >= 4 is 21.9 Å². The van der Waals surface area contributed by atoms with Crippen LogP contribution in [-0.2, 0) is 10.0 Å². The normalized spacial score (nSPS) is 24.1. The highest BCUT2D eigenvalue weighted by Crippen LogP contribution is 2.61. The van der Waals surface area contributed by atoms with Gasteiger partial charge in [0.25, 0.3) is 15.9 Å². The molecule has 2 heterocycles. The number of aromatic nitrogens is 2. The average molecular weight is 658 g/mol. The first-order valence-corrected chi connectivity index (χ1v) is 17.0. The van der Waals surface area contributed by atoms with Crippen molar-refractivity contribution < 1.29 is 31.1 Å². The molecule has 246 valence electrons. The van der Waals surface area contributed by atoms with E-state index in [-0.39, 0.29) is 54.2 Å². The quantitative estimate of drug-likeness (QED) is 0.348. The third-order valence-corrected chi connectivity index (χ3v) is 11.0. The van der Waals surface area contributed by atoms with Crippen molar-refractivity contribution in [3.8, 4) is 17.1 Å². The molecule has 3 N–H and O–H groups in total. The number of nitrogens with one attached hydrogen (secondary N) is 1. The molecule has 2 aromatic carbocycles. The Morgan fingerprint density at radius 3 is 2.30 bits per heavy atom. The number of halogens is 3. The van der Waals surface area contributed by atoms with Crippen LogP contribution in [0.2, 0.25) is 0 Å². The van der Waals surface area contributed by atoms with E-state index in [1.807, 2.05) is 32.0 Å². The maximum atomic E-state index is 14.4. The molecular formula is C33H38F3N5O4S. The lowest BCUT2D eigenvalue weighted by atomic mass is 9.87. The zero-order valence-electron chi connectivity index (χ0n) is 26.0. The molecule has 1 atom stereocenters. The summed E-state index contributed by atoms with van der Waals surface area (Å²) >= 11 is 0. The standard InChI is InChI=1S/C33H38F3N5O4S/c1-19-6-4-7-20(2)27(19)28-21(3)29-39-31(38-28)40-46(43,44)26-9-5-8-22(16-26)30(42)41(24-12-10-23(37)11-13-24)25(18-45-29)17-32(14-15-32)33(34,35)36/h4-9,16,23-25H,10-15,17-18,37H2,1-3H3,(H,38,39,40)/t23?,24?,25-/m1/s1. The number of aryl methyl sites for hydroxylation is 2. The van der Waals surface area contributed by atoms with Crippen LogP contribution in [0.3, 0.4) is 0 Å². The molecule has 0 radical (unpaired) electrons. The van der Waals surface area contributed by atoms with E-state index < -0.39 is 39.6 Å². The van der Waals surface area contributed by atoms with Gasteiger partial charge in [0.1, 0.15) is 6.61 Å². The Kier molecular flexibility index (Phi) is 8.29. The zero-order valence-corrected chi connectivity index (χ0v) is 26.8. The van der Waals surface area contributed by atoms with E-state index in [0.29, 0.717) is 36.9 Å². The number of hydrogen-bond donors (Lipinski definition) is 2. The summed E-state index contributed by atoms with van der Waals surface area (Å²) in [5.41, 5.74) is 7.76. The van der Waals surface area contributed by atoms with Gasteiger partial charge in [0.2, 0.25) is 11.8 Å². The van der Waals surface area contributed by atoms with Crippen molar-refractivity contribution in [3.63, 3.8) is 0 Å². The number of sulfonamides is 1. The summed E-state index contributed by atoms with van der Waals surface area (Å²) in [6.45, 7) is 5.27. The Hall–Kier alpha value is -3.71. The summed E-state index contributed by atoms with van der Waals surface area (Å²) in [4.78, 5) is 24.7. The van der Waals surface area contributed by atoms with Crippen molar-refractivity contribution in [2.45, 2.75) is 94.9 Å². The number of carbonyl (C=O) groups is 1. The fraction of sp³-hybridized carbons (Fsp3) is 0.485. The molecule has 2 fully saturated rings. The Balaban J connectivity index is 1.53. The number of amides is 1. The number of nitrogens with zero attached hydrogens (tertiary/aromatic N) is 3. The summed E-state index contributed by atoms with van der Waals surface area (Å²) in [6.07, 6.45) is -2.63. The third-order valence-electron chi connectivity index (χ3n) is 9.69. The number of fused-ring (bicyclic) bond motifs is 4. The monoisotopic (exact) mass is 657 g/mol. The molecule has 1 amide bonds. The lowest BCUT2D eigenvalue weighted by molar-refractivity contribution is -0.193. The van der Waals surface area contributed by atoms with Crippen LogP contribution in [0.4, 0.5) is 19.1 Å². The van der Waals surface area contributed by atoms with Crippen molar-refractivity contribution in [2.75, 3.05) is 11.3 Å². The maximum Gasteiger partial charge on any atom is 0.394 e. The summed E-state index contributed by atoms with van der Waals surface area (Å²) in [6, 6.07) is 9.80. The molecule has 9 nitrogen and oxygen atoms in total. The molecule has 2 saturated carbocycles. The summed E-state index contributed by atoms with van der Waals surface area (Å²) in [7, 11) is -4.28. The van der Waals surface area contributed by atoms with Crippen LogP contribution in [0, 0.1) is 26.2 Å². The van der Waals surface area contributed by atoms with Gasteiger partial charge in [-0.25, -0.2) is 18.1 Å². The number of hydrogen-bond acceptors (Lipinski definition) is 7. The summed E-state index contributed by atoms with van der Waals surface area (Å²) in [5, 5.41) is 0. The molecule has 2 aliphatic carbocycles. The molecule has 46 heavy (non-hydrogen) atoms. The van der Waals surface area contributed by atoms with Crippen LogP contribution in [0.25, 0.3) is 11.3 Å². The molecule has 3 aromatic rings. The highest BCUT2D eigenvalue weighted by Gasteiger charge is 2.64. The molecule has 3 aliphatic rings. The number of rotatable bonds is 4. The van der Waals surface area contributed by atoms with E-state index in [0.717, 1.165) is 16.7 Å². The van der Waals surface area contributed by atoms with E-state index in [1.165, 1.54) is 29.2 Å². The second-order valence-corrected chi connectivity index (χ2v) is 14.6. The van der Waals surface area contributed by atoms with Gasteiger partial charge < -0.3 is 15.4 Å². The molecule has 4 bridgehead atoms. The molecule has 1 aliphatic heterocycles. The van der Waals surface area contributed by atoms with Gasteiger partial charge in [0.15, 0.2) is 0 Å². The van der Waals surface area contributed by atoms with Gasteiger partial charge in [-0.2, -0.15) is 18.2 Å². The minimum Gasteiger partial charge on any atom is -0.475 e. The third kappa shape index (κ3) is 6.06. The predicted octanol–water partition coefficient (Wildman–Crippen LogP) is 6.08. The van der Waals surface area contributed by atoms with Gasteiger partial charge in [0.05, 0.1) is 22.0 Å². The topological polar surface area (TPSA) is 128 Å². The fourth-order valence-electron chi connectivity index (χ4n) is 6.87. The highest BCUT2D eigenvalue weighted by atomic mass is 32.2. The number of benzene rings is 2. The minimum absolute atomic E-state index is 0.0243. The Labute approximate surface area is 266 Å². The Morgan fingerprint density at radius 2 is 1.67 bits per heavy atom. The number of nitrogens with two attached hydrogens (primary N) is 1. The van der Waals surface area contributed by atoms with Crippen LogP contribution in [0.5, 0.6) is 5.88 Å². The zero-order chi connectivity index (χ0) is 33.0. The van der Waals surface area contributed by atoms with E-state index >= 15 is 0 Å². The minimum atomic E-state index is -4.46. The number of carbonyl (C=O) groups excluding carboxylic acids is 1. The summed E-state index contributed by atoms with van der Waals surface area (Å²) < 4.78 is 79.3. The first kappa shape index (κ1) is 32.2. The lowest BCUT2D eigenvalue weighted by Gasteiger charge is -2.42. The van der Waals surface area contributed by atoms with E-state index in [4.69, 9.17) is 10.5 Å². The second-order valence-electron chi connectivity index (χ2n) is 13.0. The van der Waals surface area contributed by atoms with Crippen molar-refractivity contribution in [1.29, 1.82) is 0 Å². The average Bonchev–Trinajstić information content (AvgIpc) is 3.79. The van der Waals surface area contributed by atoms with Crippen LogP contribution in [-0.4, -0.2) is 60.1 Å². The molecule has 0 unspecified atom stereocenters. The molecule has 1 aromatic heterocycles. The van der Waals surface area contributed by atoms with Gasteiger partial charge in [-0.05, 0) is 95.0 Å². The van der Waals surface area contributed by atoms with Gasteiger partial charge in [-0.15, -0.1) is 0 Å². The number of anilines is 1. The van der Waals surface area contributed by atoms with Crippen LogP contribution < -0.4 is 15.2 Å². The van der Waals surface area contributed by atoms with Gasteiger partial charge >= 0.3 is 6.18 Å². The van der Waals surface area contributed by atoms with Gasteiger partial charge in [-0.3, -0.25) is 4.79 Å². The Bertz CT molecular complexity index is 1750. The molecule has 0 saturated heterocycles. The summed E-state index contributed by atoms with van der Waals surface area (Å²) in [5.74, 6) is -0.775. The molecule has 6 rings (SSSR count). The SMILES string of the molecule is Cc1cccc(C)c1-c1nc2nc(c1C)OC[C@@H](CC1(C(F)(F)F)CC1)N(C1CCC(N)CC1)C(=O)c1cccc(c1)S(=O)(=O)N2.